The average molecular weight is 1270 g/mol. The van der Waals surface area contributed by atoms with Crippen LogP contribution in [0.1, 0.15) is 325 Å². The Balaban J connectivity index is 5.25. The van der Waals surface area contributed by atoms with E-state index >= 15 is 0 Å². The van der Waals surface area contributed by atoms with Gasteiger partial charge in [-0.2, -0.15) is 0 Å². The molecule has 510 valence electrons. The quantitative estimate of drug-likeness (QED) is 0.0222. The molecule has 0 aromatic heterocycles. The second-order valence-electron chi connectivity index (χ2n) is 25.9. The number of carbonyl (C=O) groups is 4. The maximum Gasteiger partial charge on any atom is 0.472 e. The average Bonchev–Trinajstić information content (AvgIpc) is 3.67. The monoisotopic (exact) mass is 1270 g/mol. The van der Waals surface area contributed by atoms with Gasteiger partial charge in [-0.1, -0.05) is 274 Å². The molecule has 6 atom stereocenters. The lowest BCUT2D eigenvalue weighted by Crippen LogP contribution is -2.30. The standard InChI is InChI=1S/C67H130O17P2/c1-9-60(8)46-38-30-21-16-17-22-31-39-47-64(69)77-53-62(83-66(71)49-41-33-23-15-13-11-10-12-14-19-27-35-43-57(2)3)55-81-85(73,74)79-51-61(68)52-80-86(75,76)82-56-63(84-67(72)50-42-34-26-25-29-37-45-59(6)7)54-78-65(70)48-40-32-24-18-20-28-36-44-58(4)5/h57-63,68H,9-56H2,1-8H3,(H,73,74)(H,75,76)/t60?,61?,62-,63-/m1/s1. The molecule has 19 heteroatoms. The molecule has 4 unspecified atom stereocenters. The third kappa shape index (κ3) is 59.7. The molecule has 86 heavy (non-hydrogen) atoms. The molecular formula is C67H130O17P2. The molecule has 0 aliphatic rings. The summed E-state index contributed by atoms with van der Waals surface area (Å²) in [6, 6.07) is 0. The second-order valence-corrected chi connectivity index (χ2v) is 28.8. The molecule has 0 aliphatic carbocycles. The van der Waals surface area contributed by atoms with Crippen LogP contribution in [0.25, 0.3) is 0 Å². The van der Waals surface area contributed by atoms with Gasteiger partial charge < -0.3 is 33.8 Å². The predicted octanol–water partition coefficient (Wildman–Crippen LogP) is 18.5. The number of hydrogen-bond donors (Lipinski definition) is 3. The molecule has 0 bridgehead atoms. The zero-order valence-corrected chi connectivity index (χ0v) is 57.7. The van der Waals surface area contributed by atoms with Gasteiger partial charge in [0.05, 0.1) is 26.4 Å². The fourth-order valence-electron chi connectivity index (χ4n) is 9.93. The Morgan fingerprint density at radius 3 is 0.826 bits per heavy atom. The minimum Gasteiger partial charge on any atom is -0.462 e. The van der Waals surface area contributed by atoms with E-state index in [4.69, 9.17) is 37.0 Å². The molecule has 0 amide bonds. The first kappa shape index (κ1) is 84.1. The lowest BCUT2D eigenvalue weighted by molar-refractivity contribution is -0.161. The van der Waals surface area contributed by atoms with E-state index < -0.39 is 97.5 Å². The molecule has 3 N–H and O–H groups in total. The van der Waals surface area contributed by atoms with Crippen molar-refractivity contribution >= 4 is 39.5 Å². The molecule has 0 saturated carbocycles. The molecule has 0 fully saturated rings. The predicted molar refractivity (Wildman–Crippen MR) is 344 cm³/mol. The number of unbranched alkanes of at least 4 members (excludes halogenated alkanes) is 29. The summed E-state index contributed by atoms with van der Waals surface area (Å²) in [7, 11) is -9.89. The summed E-state index contributed by atoms with van der Waals surface area (Å²) >= 11 is 0. The highest BCUT2D eigenvalue weighted by atomic mass is 31.2. The maximum atomic E-state index is 13.0. The second kappa shape index (κ2) is 57.0. The van der Waals surface area contributed by atoms with E-state index in [0.717, 1.165) is 108 Å². The van der Waals surface area contributed by atoms with Crippen molar-refractivity contribution in [3.63, 3.8) is 0 Å². The van der Waals surface area contributed by atoms with Crippen LogP contribution in [-0.2, 0) is 65.4 Å². The van der Waals surface area contributed by atoms with Gasteiger partial charge in [-0.25, -0.2) is 9.13 Å². The van der Waals surface area contributed by atoms with Gasteiger partial charge in [0.1, 0.15) is 19.3 Å². The molecule has 0 radical (unpaired) electrons. The van der Waals surface area contributed by atoms with Crippen LogP contribution >= 0.6 is 15.6 Å². The first-order valence-electron chi connectivity index (χ1n) is 34.7. The Bertz CT molecular complexity index is 1720. The van der Waals surface area contributed by atoms with Crippen molar-refractivity contribution in [2.24, 2.45) is 23.7 Å². The summed E-state index contributed by atoms with van der Waals surface area (Å²) in [6.45, 7) is 14.0. The van der Waals surface area contributed by atoms with Crippen molar-refractivity contribution in [3.8, 4) is 0 Å². The number of aliphatic hydroxyl groups is 1. The van der Waals surface area contributed by atoms with Crippen molar-refractivity contribution in [2.45, 2.75) is 343 Å². The minimum atomic E-state index is -4.95. The number of phosphoric ester groups is 2. The van der Waals surface area contributed by atoms with Gasteiger partial charge in [0.2, 0.25) is 0 Å². The molecule has 0 saturated heterocycles. The number of hydrogen-bond acceptors (Lipinski definition) is 15. The number of ether oxygens (including phenoxy) is 4. The van der Waals surface area contributed by atoms with Crippen LogP contribution in [-0.4, -0.2) is 96.7 Å². The molecular weight excluding hydrogens is 1140 g/mol. The normalized spacial score (nSPS) is 14.7. The highest BCUT2D eigenvalue weighted by Crippen LogP contribution is 2.45. The number of rotatable bonds is 64. The number of carbonyl (C=O) groups excluding carboxylic acids is 4. The van der Waals surface area contributed by atoms with Crippen LogP contribution in [0.5, 0.6) is 0 Å². The summed E-state index contributed by atoms with van der Waals surface area (Å²) < 4.78 is 68.1. The molecule has 0 spiro atoms. The Hall–Kier alpha value is -1.94. The van der Waals surface area contributed by atoms with Gasteiger partial charge in [-0.05, 0) is 49.4 Å². The van der Waals surface area contributed by atoms with E-state index in [1.807, 2.05) is 0 Å². The first-order chi connectivity index (χ1) is 41.1. The topological polar surface area (TPSA) is 237 Å². The van der Waals surface area contributed by atoms with E-state index in [2.05, 4.69) is 55.4 Å². The summed E-state index contributed by atoms with van der Waals surface area (Å²) in [5.74, 6) is 0.790. The Kier molecular flexibility index (Phi) is 55.7. The van der Waals surface area contributed by atoms with Crippen LogP contribution in [0.2, 0.25) is 0 Å². The van der Waals surface area contributed by atoms with E-state index in [1.165, 1.54) is 122 Å². The number of esters is 4. The third-order valence-electron chi connectivity index (χ3n) is 15.7. The Labute approximate surface area is 524 Å². The summed E-state index contributed by atoms with van der Waals surface area (Å²) in [5.41, 5.74) is 0. The third-order valence-corrected chi connectivity index (χ3v) is 17.6. The molecule has 17 nitrogen and oxygen atoms in total. The van der Waals surface area contributed by atoms with E-state index in [0.29, 0.717) is 37.5 Å². The van der Waals surface area contributed by atoms with Gasteiger partial charge in [0.25, 0.3) is 0 Å². The zero-order valence-electron chi connectivity index (χ0n) is 55.9. The number of phosphoric acid groups is 2. The van der Waals surface area contributed by atoms with Gasteiger partial charge in [0, 0.05) is 25.7 Å². The van der Waals surface area contributed by atoms with Crippen LogP contribution in [0.15, 0.2) is 0 Å². The molecule has 0 aliphatic heterocycles. The highest BCUT2D eigenvalue weighted by molar-refractivity contribution is 7.47. The first-order valence-corrected chi connectivity index (χ1v) is 37.7. The Morgan fingerprint density at radius 1 is 0.326 bits per heavy atom. The lowest BCUT2D eigenvalue weighted by atomic mass is 9.99. The van der Waals surface area contributed by atoms with E-state index in [9.17, 15) is 43.2 Å². The largest absolute Gasteiger partial charge is 0.472 e. The highest BCUT2D eigenvalue weighted by Gasteiger charge is 2.30. The van der Waals surface area contributed by atoms with E-state index in [-0.39, 0.29) is 25.7 Å². The van der Waals surface area contributed by atoms with Crippen LogP contribution in [0.4, 0.5) is 0 Å². The summed E-state index contributed by atoms with van der Waals surface area (Å²) in [5, 5.41) is 10.6. The summed E-state index contributed by atoms with van der Waals surface area (Å²) in [4.78, 5) is 72.3. The molecule has 0 aromatic carbocycles. The Morgan fingerprint density at radius 2 is 0.558 bits per heavy atom. The van der Waals surface area contributed by atoms with Crippen molar-refractivity contribution in [1.82, 2.24) is 0 Å². The summed E-state index contributed by atoms with van der Waals surface area (Å²) in [6.07, 6.45) is 37.8. The van der Waals surface area contributed by atoms with Gasteiger partial charge >= 0.3 is 39.5 Å². The van der Waals surface area contributed by atoms with Crippen molar-refractivity contribution in [1.29, 1.82) is 0 Å². The van der Waals surface area contributed by atoms with Crippen LogP contribution in [0.3, 0.4) is 0 Å². The van der Waals surface area contributed by atoms with E-state index in [1.54, 1.807) is 0 Å². The molecule has 0 heterocycles. The van der Waals surface area contributed by atoms with Crippen molar-refractivity contribution in [2.75, 3.05) is 39.6 Å². The van der Waals surface area contributed by atoms with Crippen LogP contribution < -0.4 is 0 Å². The van der Waals surface area contributed by atoms with Crippen LogP contribution in [0, 0.1) is 23.7 Å². The zero-order chi connectivity index (χ0) is 63.9. The fourth-order valence-corrected chi connectivity index (χ4v) is 11.5. The minimum absolute atomic E-state index is 0.101. The van der Waals surface area contributed by atoms with Gasteiger partial charge in [0.15, 0.2) is 12.2 Å². The molecule has 0 aromatic rings. The SMILES string of the molecule is CCC(C)CCCCCCCCCCC(=O)OC[C@H](COP(=O)(O)OCC(O)COP(=O)(O)OC[C@@H](COC(=O)CCCCCCCCCC(C)C)OC(=O)CCCCCCCCC(C)C)OC(=O)CCCCCCCCCCCCCCC(C)C. The molecule has 0 rings (SSSR count). The number of aliphatic hydroxyl groups excluding tert-OH is 1. The lowest BCUT2D eigenvalue weighted by Gasteiger charge is -2.21. The fraction of sp³-hybridized carbons (Fsp3) is 0.940. The maximum absolute atomic E-state index is 13.0. The van der Waals surface area contributed by atoms with Crippen molar-refractivity contribution < 1.29 is 80.2 Å². The van der Waals surface area contributed by atoms with Gasteiger partial charge in [-0.15, -0.1) is 0 Å². The van der Waals surface area contributed by atoms with Gasteiger partial charge in [-0.3, -0.25) is 37.3 Å². The smallest absolute Gasteiger partial charge is 0.462 e. The van der Waals surface area contributed by atoms with Crippen molar-refractivity contribution in [3.05, 3.63) is 0 Å².